The van der Waals surface area contributed by atoms with Crippen molar-refractivity contribution >= 4 is 28.8 Å². The van der Waals surface area contributed by atoms with E-state index in [1.165, 1.54) is 0 Å². The fourth-order valence-corrected chi connectivity index (χ4v) is 4.10. The summed E-state index contributed by atoms with van der Waals surface area (Å²) < 4.78 is 5.28. The molecule has 2 N–H and O–H groups in total. The van der Waals surface area contributed by atoms with Crippen LogP contribution in [0.25, 0.3) is 22.2 Å². The number of pyridine rings is 1. The SMILES string of the molecule is Cc1c(-c2ccccc2)nc2ccccc2c1C(=O)OCC(=O)NC(=O)NC1CCCC1. The number of hydrogen-bond acceptors (Lipinski definition) is 5. The van der Waals surface area contributed by atoms with Crippen LogP contribution >= 0.6 is 0 Å². The Balaban J connectivity index is 1.51. The summed E-state index contributed by atoms with van der Waals surface area (Å²) in [6.45, 7) is 1.27. The van der Waals surface area contributed by atoms with Crippen molar-refractivity contribution in [1.29, 1.82) is 0 Å². The minimum Gasteiger partial charge on any atom is -0.452 e. The van der Waals surface area contributed by atoms with Gasteiger partial charge in [0.25, 0.3) is 5.91 Å². The molecule has 1 aliphatic rings. The number of aromatic nitrogens is 1. The Labute approximate surface area is 186 Å². The predicted molar refractivity (Wildman–Crippen MR) is 121 cm³/mol. The van der Waals surface area contributed by atoms with Crippen LogP contribution < -0.4 is 10.6 Å². The first-order valence-electron chi connectivity index (χ1n) is 10.7. The zero-order valence-electron chi connectivity index (χ0n) is 17.9. The van der Waals surface area contributed by atoms with Gasteiger partial charge in [0, 0.05) is 17.0 Å². The monoisotopic (exact) mass is 431 g/mol. The zero-order valence-corrected chi connectivity index (χ0v) is 17.9. The Morgan fingerprint density at radius 3 is 2.44 bits per heavy atom. The number of rotatable bonds is 5. The Bertz CT molecular complexity index is 1150. The lowest BCUT2D eigenvalue weighted by atomic mass is 9.98. The molecule has 0 spiro atoms. The Morgan fingerprint density at radius 2 is 1.69 bits per heavy atom. The third-order valence-corrected chi connectivity index (χ3v) is 5.66. The molecule has 2 aromatic carbocycles. The molecule has 0 radical (unpaired) electrons. The molecule has 0 atom stereocenters. The molecular formula is C25H25N3O4. The van der Waals surface area contributed by atoms with Crippen LogP contribution in [-0.4, -0.2) is 35.5 Å². The topological polar surface area (TPSA) is 97.4 Å². The van der Waals surface area contributed by atoms with Crippen molar-refractivity contribution in [1.82, 2.24) is 15.6 Å². The first kappa shape index (κ1) is 21.5. The van der Waals surface area contributed by atoms with Crippen LogP contribution in [0.2, 0.25) is 0 Å². The molecule has 1 saturated carbocycles. The highest BCUT2D eigenvalue weighted by molar-refractivity contribution is 6.07. The maximum absolute atomic E-state index is 13.0. The molecule has 7 heteroatoms. The molecule has 1 heterocycles. The lowest BCUT2D eigenvalue weighted by Gasteiger charge is -2.15. The molecule has 32 heavy (non-hydrogen) atoms. The molecule has 1 aromatic heterocycles. The van der Waals surface area contributed by atoms with Gasteiger partial charge in [0.05, 0.1) is 16.8 Å². The molecule has 0 aliphatic heterocycles. The van der Waals surface area contributed by atoms with Crippen LogP contribution in [0.4, 0.5) is 4.79 Å². The van der Waals surface area contributed by atoms with Crippen molar-refractivity contribution in [3.05, 3.63) is 65.7 Å². The Morgan fingerprint density at radius 1 is 1.00 bits per heavy atom. The maximum atomic E-state index is 13.0. The van der Waals surface area contributed by atoms with Gasteiger partial charge in [0.2, 0.25) is 0 Å². The van der Waals surface area contributed by atoms with E-state index in [2.05, 4.69) is 10.6 Å². The summed E-state index contributed by atoms with van der Waals surface area (Å²) in [5, 5.41) is 5.64. The third-order valence-electron chi connectivity index (χ3n) is 5.66. The summed E-state index contributed by atoms with van der Waals surface area (Å²) in [4.78, 5) is 41.8. The van der Waals surface area contributed by atoms with Gasteiger partial charge < -0.3 is 10.1 Å². The van der Waals surface area contributed by atoms with Crippen molar-refractivity contribution < 1.29 is 19.1 Å². The predicted octanol–water partition coefficient (Wildman–Crippen LogP) is 4.14. The van der Waals surface area contributed by atoms with E-state index >= 15 is 0 Å². The molecule has 164 valence electrons. The summed E-state index contributed by atoms with van der Waals surface area (Å²) in [7, 11) is 0. The smallest absolute Gasteiger partial charge is 0.339 e. The van der Waals surface area contributed by atoms with Gasteiger partial charge in [0.15, 0.2) is 6.61 Å². The number of nitrogens with one attached hydrogen (secondary N) is 2. The Hall–Kier alpha value is -3.74. The molecular weight excluding hydrogens is 406 g/mol. The van der Waals surface area contributed by atoms with Crippen LogP contribution in [-0.2, 0) is 9.53 Å². The molecule has 7 nitrogen and oxygen atoms in total. The summed E-state index contributed by atoms with van der Waals surface area (Å²) in [6, 6.07) is 16.4. The van der Waals surface area contributed by atoms with E-state index < -0.39 is 24.5 Å². The van der Waals surface area contributed by atoms with Gasteiger partial charge in [-0.1, -0.05) is 61.4 Å². The number of hydrogen-bond donors (Lipinski definition) is 2. The van der Waals surface area contributed by atoms with Crippen molar-refractivity contribution in [2.75, 3.05) is 6.61 Å². The van der Waals surface area contributed by atoms with Gasteiger partial charge in [-0.15, -0.1) is 0 Å². The second kappa shape index (κ2) is 9.60. The molecule has 0 bridgehead atoms. The number of amides is 3. The fourth-order valence-electron chi connectivity index (χ4n) is 4.10. The van der Waals surface area contributed by atoms with E-state index in [1.807, 2.05) is 55.5 Å². The average Bonchev–Trinajstić information content (AvgIpc) is 3.30. The summed E-state index contributed by atoms with van der Waals surface area (Å²) in [5.41, 5.74) is 3.24. The van der Waals surface area contributed by atoms with E-state index in [4.69, 9.17) is 9.72 Å². The molecule has 0 saturated heterocycles. The lowest BCUT2D eigenvalue weighted by Crippen LogP contribution is -2.45. The lowest BCUT2D eigenvalue weighted by molar-refractivity contribution is -0.123. The van der Waals surface area contributed by atoms with Crippen LogP contribution in [0.3, 0.4) is 0 Å². The molecule has 3 aromatic rings. The molecule has 3 amide bonds. The molecule has 1 aliphatic carbocycles. The van der Waals surface area contributed by atoms with Gasteiger partial charge in [-0.25, -0.2) is 14.6 Å². The number of fused-ring (bicyclic) bond motifs is 1. The largest absolute Gasteiger partial charge is 0.452 e. The number of carbonyl (C=O) groups is 3. The van der Waals surface area contributed by atoms with Crippen LogP contribution in [0, 0.1) is 6.92 Å². The van der Waals surface area contributed by atoms with Crippen LogP contribution in [0.5, 0.6) is 0 Å². The number of imide groups is 1. The standard InChI is InChI=1S/C25H25N3O4/c1-16-22(24(30)32-15-21(29)28-25(31)26-18-11-5-6-12-18)19-13-7-8-14-20(19)27-23(16)17-9-3-2-4-10-17/h2-4,7-10,13-14,18H,5-6,11-12,15H2,1H3,(H2,26,28,29,31). The highest BCUT2D eigenvalue weighted by Gasteiger charge is 2.22. The zero-order chi connectivity index (χ0) is 22.5. The molecule has 0 unspecified atom stereocenters. The van der Waals surface area contributed by atoms with Crippen molar-refractivity contribution in [2.45, 2.75) is 38.6 Å². The highest BCUT2D eigenvalue weighted by Crippen LogP contribution is 2.30. The minimum absolute atomic E-state index is 0.0904. The number of nitrogens with zero attached hydrogens (tertiary/aromatic N) is 1. The van der Waals surface area contributed by atoms with E-state index in [0.717, 1.165) is 31.2 Å². The number of esters is 1. The number of benzene rings is 2. The number of carbonyl (C=O) groups excluding carboxylic acids is 3. The van der Waals surface area contributed by atoms with E-state index in [0.29, 0.717) is 27.7 Å². The normalized spacial score (nSPS) is 13.7. The van der Waals surface area contributed by atoms with E-state index in [1.54, 1.807) is 6.07 Å². The van der Waals surface area contributed by atoms with Crippen molar-refractivity contribution in [2.24, 2.45) is 0 Å². The quantitative estimate of drug-likeness (QED) is 0.592. The first-order chi connectivity index (χ1) is 15.5. The Kier molecular flexibility index (Phi) is 6.44. The first-order valence-corrected chi connectivity index (χ1v) is 10.7. The van der Waals surface area contributed by atoms with Crippen LogP contribution in [0.15, 0.2) is 54.6 Å². The van der Waals surface area contributed by atoms with Gasteiger partial charge in [-0.05, 0) is 31.4 Å². The van der Waals surface area contributed by atoms with E-state index in [9.17, 15) is 14.4 Å². The van der Waals surface area contributed by atoms with Crippen LogP contribution in [0.1, 0.15) is 41.6 Å². The van der Waals surface area contributed by atoms with Gasteiger partial charge in [-0.3, -0.25) is 10.1 Å². The van der Waals surface area contributed by atoms with Gasteiger partial charge in [0.1, 0.15) is 0 Å². The molecule has 4 rings (SSSR count). The third kappa shape index (κ3) is 4.77. The average molecular weight is 431 g/mol. The maximum Gasteiger partial charge on any atom is 0.339 e. The minimum atomic E-state index is -0.673. The van der Waals surface area contributed by atoms with Gasteiger partial charge in [-0.2, -0.15) is 0 Å². The highest BCUT2D eigenvalue weighted by atomic mass is 16.5. The summed E-state index contributed by atoms with van der Waals surface area (Å²) >= 11 is 0. The van der Waals surface area contributed by atoms with Crippen molar-refractivity contribution in [3.8, 4) is 11.3 Å². The van der Waals surface area contributed by atoms with Crippen molar-refractivity contribution in [3.63, 3.8) is 0 Å². The second-order valence-electron chi connectivity index (χ2n) is 7.92. The fraction of sp³-hybridized carbons (Fsp3) is 0.280. The van der Waals surface area contributed by atoms with E-state index in [-0.39, 0.29) is 6.04 Å². The number of ether oxygens (including phenoxy) is 1. The summed E-state index contributed by atoms with van der Waals surface area (Å²) in [6.07, 6.45) is 3.96. The molecule has 1 fully saturated rings. The number of urea groups is 1. The second-order valence-corrected chi connectivity index (χ2v) is 7.92. The number of para-hydroxylation sites is 1. The summed E-state index contributed by atoms with van der Waals surface area (Å²) in [5.74, 6) is -1.31. The van der Waals surface area contributed by atoms with Gasteiger partial charge >= 0.3 is 12.0 Å².